The molecule has 2 aromatic carbocycles. The highest BCUT2D eigenvalue weighted by atomic mass is 32.2. The number of ether oxygens (including phenoxy) is 1. The Bertz CT molecular complexity index is 869. The van der Waals surface area contributed by atoms with Gasteiger partial charge in [-0.05, 0) is 43.3 Å². The van der Waals surface area contributed by atoms with Gasteiger partial charge in [0.15, 0.2) is 0 Å². The molecule has 146 valence electrons. The lowest BCUT2D eigenvalue weighted by atomic mass is 10.2. The van der Waals surface area contributed by atoms with Crippen molar-refractivity contribution in [3.63, 3.8) is 0 Å². The topological polar surface area (TPSA) is 96.5 Å². The molecule has 0 saturated carbocycles. The number of benzene rings is 2. The molecule has 2 rings (SSSR count). The number of sulfonamides is 1. The van der Waals surface area contributed by atoms with Crippen LogP contribution >= 0.6 is 0 Å². The number of amides is 1. The third kappa shape index (κ3) is 5.97. The second-order valence-corrected chi connectivity index (χ2v) is 7.52. The number of methoxy groups -OCH3 is 1. The Morgan fingerprint density at radius 3 is 2.56 bits per heavy atom. The first-order valence-corrected chi connectivity index (χ1v) is 10.2. The van der Waals surface area contributed by atoms with Crippen LogP contribution in [-0.2, 0) is 10.0 Å². The van der Waals surface area contributed by atoms with E-state index in [4.69, 9.17) is 4.74 Å². The molecule has 0 saturated heterocycles. The van der Waals surface area contributed by atoms with Gasteiger partial charge in [-0.1, -0.05) is 25.1 Å². The van der Waals surface area contributed by atoms with Crippen molar-refractivity contribution in [1.29, 1.82) is 0 Å². The van der Waals surface area contributed by atoms with Gasteiger partial charge in [0.1, 0.15) is 5.75 Å². The van der Waals surface area contributed by atoms with E-state index in [9.17, 15) is 13.2 Å². The molecule has 0 unspecified atom stereocenters. The smallest absolute Gasteiger partial charge is 0.262 e. The van der Waals surface area contributed by atoms with Gasteiger partial charge in [-0.2, -0.15) is 0 Å². The minimum atomic E-state index is -3.86. The van der Waals surface area contributed by atoms with Crippen LogP contribution in [0.2, 0.25) is 0 Å². The lowest BCUT2D eigenvalue weighted by Crippen LogP contribution is -2.32. The average Bonchev–Trinajstić information content (AvgIpc) is 2.68. The molecule has 1 amide bonds. The summed E-state index contributed by atoms with van der Waals surface area (Å²) in [4.78, 5) is 12.2. The molecule has 0 aliphatic carbocycles. The van der Waals surface area contributed by atoms with Gasteiger partial charge < -0.3 is 15.4 Å². The summed E-state index contributed by atoms with van der Waals surface area (Å²) in [6.07, 6.45) is 1.02. The number of nitrogens with one attached hydrogen (secondary N) is 3. The molecular formula is C19H25N3O4S. The predicted molar refractivity (Wildman–Crippen MR) is 106 cm³/mol. The second kappa shape index (κ2) is 9.94. The van der Waals surface area contributed by atoms with Gasteiger partial charge in [0.05, 0.1) is 17.7 Å². The monoisotopic (exact) mass is 391 g/mol. The van der Waals surface area contributed by atoms with E-state index < -0.39 is 10.0 Å². The lowest BCUT2D eigenvalue weighted by molar-refractivity contribution is 0.0953. The fourth-order valence-corrected chi connectivity index (χ4v) is 3.52. The van der Waals surface area contributed by atoms with Crippen LogP contribution in [0.5, 0.6) is 5.75 Å². The van der Waals surface area contributed by atoms with Crippen LogP contribution in [0.1, 0.15) is 23.7 Å². The van der Waals surface area contributed by atoms with Gasteiger partial charge in [-0.15, -0.1) is 0 Å². The molecule has 3 N–H and O–H groups in total. The van der Waals surface area contributed by atoms with E-state index in [-0.39, 0.29) is 16.4 Å². The van der Waals surface area contributed by atoms with E-state index in [1.54, 1.807) is 36.4 Å². The molecule has 0 aliphatic heterocycles. The zero-order valence-corrected chi connectivity index (χ0v) is 16.3. The van der Waals surface area contributed by atoms with E-state index in [1.165, 1.54) is 19.2 Å². The van der Waals surface area contributed by atoms with Crippen molar-refractivity contribution in [2.45, 2.75) is 18.2 Å². The zero-order valence-electron chi connectivity index (χ0n) is 15.5. The summed E-state index contributed by atoms with van der Waals surface area (Å²) >= 11 is 0. The Labute approximate surface area is 160 Å². The van der Waals surface area contributed by atoms with Crippen molar-refractivity contribution in [2.24, 2.45) is 0 Å². The van der Waals surface area contributed by atoms with Crippen molar-refractivity contribution in [1.82, 2.24) is 10.6 Å². The van der Waals surface area contributed by atoms with Crippen LogP contribution in [0.15, 0.2) is 53.4 Å². The van der Waals surface area contributed by atoms with E-state index in [0.29, 0.717) is 24.5 Å². The summed E-state index contributed by atoms with van der Waals surface area (Å²) in [5, 5.41) is 5.95. The molecule has 0 radical (unpaired) electrons. The number of carbonyl (C=O) groups excluding carboxylic acids is 1. The Morgan fingerprint density at radius 1 is 1.04 bits per heavy atom. The first kappa shape index (κ1) is 20.7. The van der Waals surface area contributed by atoms with Gasteiger partial charge in [-0.3, -0.25) is 9.52 Å². The maximum absolute atomic E-state index is 12.7. The SMILES string of the molecule is CCCNCCNC(=O)c1cccc(S(=O)(=O)Nc2ccccc2OC)c1. The molecule has 0 atom stereocenters. The zero-order chi connectivity index (χ0) is 19.7. The summed E-state index contributed by atoms with van der Waals surface area (Å²) in [6, 6.07) is 12.6. The van der Waals surface area contributed by atoms with Crippen molar-refractivity contribution in [3.05, 3.63) is 54.1 Å². The minimum Gasteiger partial charge on any atom is -0.495 e. The van der Waals surface area contributed by atoms with Gasteiger partial charge in [-0.25, -0.2) is 8.42 Å². The van der Waals surface area contributed by atoms with Gasteiger partial charge >= 0.3 is 0 Å². The van der Waals surface area contributed by atoms with Crippen LogP contribution in [0, 0.1) is 0 Å². The van der Waals surface area contributed by atoms with Crippen LogP contribution in [0.4, 0.5) is 5.69 Å². The fourth-order valence-electron chi connectivity index (χ4n) is 2.41. The average molecular weight is 391 g/mol. The number of anilines is 1. The summed E-state index contributed by atoms with van der Waals surface area (Å²) in [7, 11) is -2.39. The van der Waals surface area contributed by atoms with E-state index in [2.05, 4.69) is 22.3 Å². The maximum Gasteiger partial charge on any atom is 0.262 e. The summed E-state index contributed by atoms with van der Waals surface area (Å²) in [6.45, 7) is 4.08. The summed E-state index contributed by atoms with van der Waals surface area (Å²) < 4.78 is 33.0. The molecule has 0 bridgehead atoms. The van der Waals surface area contributed by atoms with Crippen molar-refractivity contribution in [2.75, 3.05) is 31.5 Å². The lowest BCUT2D eigenvalue weighted by Gasteiger charge is -2.12. The highest BCUT2D eigenvalue weighted by molar-refractivity contribution is 7.92. The Balaban J connectivity index is 2.10. The Hall–Kier alpha value is -2.58. The van der Waals surface area contributed by atoms with Crippen LogP contribution in [-0.4, -0.2) is 41.1 Å². The van der Waals surface area contributed by atoms with Crippen molar-refractivity contribution < 1.29 is 17.9 Å². The van der Waals surface area contributed by atoms with Crippen LogP contribution in [0.3, 0.4) is 0 Å². The summed E-state index contributed by atoms with van der Waals surface area (Å²) in [5.41, 5.74) is 0.616. The number of carbonyl (C=O) groups is 1. The highest BCUT2D eigenvalue weighted by Gasteiger charge is 2.18. The number of hydrogen-bond acceptors (Lipinski definition) is 5. The van der Waals surface area contributed by atoms with Crippen LogP contribution < -0.4 is 20.1 Å². The minimum absolute atomic E-state index is 0.00478. The molecule has 2 aromatic rings. The van der Waals surface area contributed by atoms with Crippen molar-refractivity contribution in [3.8, 4) is 5.75 Å². The van der Waals surface area contributed by atoms with Gasteiger partial charge in [0.2, 0.25) is 0 Å². The first-order valence-electron chi connectivity index (χ1n) is 8.72. The predicted octanol–water partition coefficient (Wildman–Crippen LogP) is 2.23. The third-order valence-corrected chi connectivity index (χ3v) is 5.14. The Kier molecular flexibility index (Phi) is 7.63. The highest BCUT2D eigenvalue weighted by Crippen LogP contribution is 2.26. The molecule has 27 heavy (non-hydrogen) atoms. The van der Waals surface area contributed by atoms with E-state index in [1.807, 2.05) is 0 Å². The van der Waals surface area contributed by atoms with Crippen LogP contribution in [0.25, 0.3) is 0 Å². The molecule has 0 aliphatic rings. The van der Waals surface area contributed by atoms with Gasteiger partial charge in [0, 0.05) is 18.7 Å². The molecule has 0 spiro atoms. The molecule has 0 heterocycles. The molecule has 8 heteroatoms. The quantitative estimate of drug-likeness (QED) is 0.540. The van der Waals surface area contributed by atoms with E-state index >= 15 is 0 Å². The normalized spacial score (nSPS) is 11.0. The molecular weight excluding hydrogens is 366 g/mol. The van der Waals surface area contributed by atoms with E-state index in [0.717, 1.165) is 13.0 Å². The number of rotatable bonds is 10. The number of hydrogen-bond donors (Lipinski definition) is 3. The molecule has 0 aromatic heterocycles. The van der Waals surface area contributed by atoms with Gasteiger partial charge in [0.25, 0.3) is 15.9 Å². The van der Waals surface area contributed by atoms with Crippen molar-refractivity contribution >= 4 is 21.6 Å². The summed E-state index contributed by atoms with van der Waals surface area (Å²) in [5.74, 6) is 0.0946. The Morgan fingerprint density at radius 2 is 1.81 bits per heavy atom. The third-order valence-electron chi connectivity index (χ3n) is 3.77. The second-order valence-electron chi connectivity index (χ2n) is 5.84. The fraction of sp³-hybridized carbons (Fsp3) is 0.316. The first-order chi connectivity index (χ1) is 13.0. The number of para-hydroxylation sites is 2. The molecule has 0 fully saturated rings. The largest absolute Gasteiger partial charge is 0.495 e. The maximum atomic E-state index is 12.7. The molecule has 7 nitrogen and oxygen atoms in total. The standard InChI is InChI=1S/C19H25N3O4S/c1-3-11-20-12-13-21-19(23)15-7-6-8-16(14-15)27(24,25)22-17-9-4-5-10-18(17)26-2/h4-10,14,20,22H,3,11-13H2,1-2H3,(H,21,23).